The molecule has 0 saturated heterocycles. The molecule has 32 heavy (non-hydrogen) atoms. The summed E-state index contributed by atoms with van der Waals surface area (Å²) < 4.78 is 44.6. The van der Waals surface area contributed by atoms with E-state index in [1.54, 1.807) is 32.2 Å². The largest absolute Gasteiger partial charge is 0.491 e. The zero-order valence-corrected chi connectivity index (χ0v) is 18.9. The molecule has 0 bridgehead atoms. The number of nitrogens with zero attached hydrogens (tertiary/aromatic N) is 2. The first-order chi connectivity index (χ1) is 15.5. The van der Waals surface area contributed by atoms with E-state index in [1.807, 2.05) is 6.07 Å². The maximum absolute atomic E-state index is 13.6. The van der Waals surface area contributed by atoms with E-state index in [1.165, 1.54) is 16.6 Å². The summed E-state index contributed by atoms with van der Waals surface area (Å²) in [6.45, 7) is 2.74. The van der Waals surface area contributed by atoms with E-state index in [-0.39, 0.29) is 23.6 Å². The van der Waals surface area contributed by atoms with Crippen molar-refractivity contribution in [2.75, 3.05) is 36.6 Å². The van der Waals surface area contributed by atoms with Crippen LogP contribution in [0.3, 0.4) is 0 Å². The lowest BCUT2D eigenvalue weighted by molar-refractivity contribution is -0.143. The van der Waals surface area contributed by atoms with Crippen LogP contribution >= 0.6 is 0 Å². The minimum atomic E-state index is -3.92. The van der Waals surface area contributed by atoms with E-state index in [9.17, 15) is 13.2 Å². The molecule has 1 saturated carbocycles. The van der Waals surface area contributed by atoms with Crippen molar-refractivity contribution in [3.05, 3.63) is 42.1 Å². The van der Waals surface area contributed by atoms with Gasteiger partial charge in [-0.1, -0.05) is 6.07 Å². The van der Waals surface area contributed by atoms with Gasteiger partial charge < -0.3 is 19.5 Å². The summed E-state index contributed by atoms with van der Waals surface area (Å²) >= 11 is 0. The monoisotopic (exact) mass is 461 g/mol. The molecule has 1 aromatic carbocycles. The van der Waals surface area contributed by atoms with Gasteiger partial charge in [-0.3, -0.25) is 4.31 Å². The standard InChI is InChI=1S/C22H27N3O6S/c1-3-30-22(26)18-13-15-12-17(31-11-10-29-2)14-19(21(15)24-18)25(16-7-8-16)32(27,28)20-6-4-5-9-23-20/h4-6,9,12,14,16,18,24H,3,7-8,10-11,13H2,1-2H3. The molecule has 10 heteroatoms. The lowest BCUT2D eigenvalue weighted by atomic mass is 10.1. The highest BCUT2D eigenvalue weighted by atomic mass is 32.2. The molecule has 1 aliphatic carbocycles. The van der Waals surface area contributed by atoms with Gasteiger partial charge in [-0.05, 0) is 43.5 Å². The molecule has 1 atom stereocenters. The third-order valence-corrected chi connectivity index (χ3v) is 7.10. The van der Waals surface area contributed by atoms with Crippen LogP contribution in [0.5, 0.6) is 5.75 Å². The molecule has 1 fully saturated rings. The van der Waals surface area contributed by atoms with Crippen LogP contribution in [0.4, 0.5) is 11.4 Å². The number of benzene rings is 1. The van der Waals surface area contributed by atoms with E-state index < -0.39 is 16.1 Å². The van der Waals surface area contributed by atoms with Crippen LogP contribution in [-0.2, 0) is 30.7 Å². The number of aromatic nitrogens is 1. The quantitative estimate of drug-likeness (QED) is 0.425. The number of rotatable bonds is 10. The summed E-state index contributed by atoms with van der Waals surface area (Å²) in [5.41, 5.74) is 1.86. The summed E-state index contributed by atoms with van der Waals surface area (Å²) in [7, 11) is -2.33. The predicted molar refractivity (Wildman–Crippen MR) is 118 cm³/mol. The highest BCUT2D eigenvalue weighted by molar-refractivity contribution is 7.92. The number of carbonyl (C=O) groups excluding carboxylic acids is 1. The van der Waals surface area contributed by atoms with Gasteiger partial charge in [-0.25, -0.2) is 9.78 Å². The lowest BCUT2D eigenvalue weighted by Gasteiger charge is -2.27. The SMILES string of the molecule is CCOC(=O)C1Cc2cc(OCCOC)cc(N(C3CC3)S(=O)(=O)c3ccccn3)c2N1. The number of ether oxygens (including phenoxy) is 3. The van der Waals surface area contributed by atoms with E-state index in [0.29, 0.717) is 36.8 Å². The predicted octanol–water partition coefficient (Wildman–Crippen LogP) is 2.36. The number of esters is 1. The second-order valence-electron chi connectivity index (χ2n) is 7.67. The molecule has 0 spiro atoms. The Morgan fingerprint density at radius 2 is 2.06 bits per heavy atom. The maximum atomic E-state index is 13.6. The van der Waals surface area contributed by atoms with E-state index in [4.69, 9.17) is 14.2 Å². The average molecular weight is 462 g/mol. The van der Waals surface area contributed by atoms with Crippen molar-refractivity contribution in [3.8, 4) is 5.75 Å². The van der Waals surface area contributed by atoms with Crippen LogP contribution in [0.15, 0.2) is 41.6 Å². The first-order valence-corrected chi connectivity index (χ1v) is 12.1. The molecule has 1 aliphatic heterocycles. The maximum Gasteiger partial charge on any atom is 0.328 e. The number of methoxy groups -OCH3 is 1. The third-order valence-electron chi connectivity index (χ3n) is 5.32. The summed E-state index contributed by atoms with van der Waals surface area (Å²) in [6, 6.07) is 7.58. The number of carbonyl (C=O) groups is 1. The Balaban J connectivity index is 1.77. The second-order valence-corrected chi connectivity index (χ2v) is 9.43. The Morgan fingerprint density at radius 3 is 2.72 bits per heavy atom. The van der Waals surface area contributed by atoms with Gasteiger partial charge in [0.2, 0.25) is 0 Å². The molecule has 4 rings (SSSR count). The van der Waals surface area contributed by atoms with Gasteiger partial charge in [0.1, 0.15) is 18.4 Å². The number of fused-ring (bicyclic) bond motifs is 1. The average Bonchev–Trinajstić information content (AvgIpc) is 3.51. The molecule has 2 aliphatic rings. The van der Waals surface area contributed by atoms with Gasteiger partial charge in [0.05, 0.1) is 24.6 Å². The molecule has 9 nitrogen and oxygen atoms in total. The van der Waals surface area contributed by atoms with Gasteiger partial charge in [-0.2, -0.15) is 8.42 Å². The second kappa shape index (κ2) is 9.33. The normalized spacial score (nSPS) is 17.4. The Hall–Kier alpha value is -2.85. The van der Waals surface area contributed by atoms with Gasteiger partial charge in [0, 0.05) is 31.8 Å². The first kappa shape index (κ1) is 22.3. The zero-order chi connectivity index (χ0) is 22.7. The van der Waals surface area contributed by atoms with Gasteiger partial charge in [0.25, 0.3) is 10.0 Å². The van der Waals surface area contributed by atoms with Crippen molar-refractivity contribution in [3.63, 3.8) is 0 Å². The number of pyridine rings is 1. The van der Waals surface area contributed by atoms with E-state index >= 15 is 0 Å². The van der Waals surface area contributed by atoms with E-state index in [0.717, 1.165) is 18.4 Å². The zero-order valence-electron chi connectivity index (χ0n) is 18.1. The molecular formula is C22H27N3O6S. The van der Waals surface area contributed by atoms with Crippen molar-refractivity contribution < 1.29 is 27.4 Å². The van der Waals surface area contributed by atoms with Crippen molar-refractivity contribution in [2.24, 2.45) is 0 Å². The van der Waals surface area contributed by atoms with Crippen molar-refractivity contribution in [1.29, 1.82) is 0 Å². The van der Waals surface area contributed by atoms with Crippen LogP contribution < -0.4 is 14.4 Å². The lowest BCUT2D eigenvalue weighted by Crippen LogP contribution is -2.35. The fourth-order valence-corrected chi connectivity index (χ4v) is 5.40. The molecule has 0 radical (unpaired) electrons. The Kier molecular flexibility index (Phi) is 6.52. The molecule has 0 amide bonds. The van der Waals surface area contributed by atoms with Crippen LogP contribution in [0, 0.1) is 0 Å². The number of hydrogen-bond donors (Lipinski definition) is 1. The van der Waals surface area contributed by atoms with E-state index in [2.05, 4.69) is 10.3 Å². The van der Waals surface area contributed by atoms with Crippen LogP contribution in [-0.4, -0.2) is 58.4 Å². The Bertz CT molecular complexity index is 1070. The van der Waals surface area contributed by atoms with Crippen molar-refractivity contribution in [2.45, 2.75) is 43.3 Å². The molecule has 2 heterocycles. The third kappa shape index (κ3) is 4.51. The summed E-state index contributed by atoms with van der Waals surface area (Å²) in [6.07, 6.45) is 3.33. The molecule has 1 N–H and O–H groups in total. The molecular weight excluding hydrogens is 434 g/mol. The number of anilines is 2. The highest BCUT2D eigenvalue weighted by Gasteiger charge is 2.42. The number of sulfonamides is 1. The minimum Gasteiger partial charge on any atom is -0.491 e. The van der Waals surface area contributed by atoms with Crippen LogP contribution in [0.1, 0.15) is 25.3 Å². The topological polar surface area (TPSA) is 107 Å². The molecule has 1 aromatic heterocycles. The number of hydrogen-bond acceptors (Lipinski definition) is 8. The van der Waals surface area contributed by atoms with Crippen LogP contribution in [0.2, 0.25) is 0 Å². The molecule has 172 valence electrons. The summed E-state index contributed by atoms with van der Waals surface area (Å²) in [5, 5.41) is 3.17. The van der Waals surface area contributed by atoms with Gasteiger partial charge in [-0.15, -0.1) is 0 Å². The Labute approximate surface area is 187 Å². The highest BCUT2D eigenvalue weighted by Crippen LogP contribution is 2.45. The minimum absolute atomic E-state index is 0.0219. The first-order valence-electron chi connectivity index (χ1n) is 10.6. The van der Waals surface area contributed by atoms with Gasteiger partial charge >= 0.3 is 5.97 Å². The Morgan fingerprint density at radius 1 is 1.25 bits per heavy atom. The van der Waals surface area contributed by atoms with Crippen molar-refractivity contribution in [1.82, 2.24) is 4.98 Å². The number of nitrogens with one attached hydrogen (secondary N) is 1. The smallest absolute Gasteiger partial charge is 0.328 e. The van der Waals surface area contributed by atoms with Gasteiger partial charge in [0.15, 0.2) is 5.03 Å². The fraction of sp³-hybridized carbons (Fsp3) is 0.455. The molecule has 1 unspecified atom stereocenters. The molecule has 2 aromatic rings. The van der Waals surface area contributed by atoms with Crippen LogP contribution in [0.25, 0.3) is 0 Å². The van der Waals surface area contributed by atoms with Crippen molar-refractivity contribution >= 4 is 27.4 Å². The summed E-state index contributed by atoms with van der Waals surface area (Å²) in [4.78, 5) is 16.5. The fourth-order valence-electron chi connectivity index (χ4n) is 3.75. The summed E-state index contributed by atoms with van der Waals surface area (Å²) in [5.74, 6) is 0.144.